The van der Waals surface area contributed by atoms with Crippen LogP contribution >= 0.6 is 39.1 Å². The van der Waals surface area contributed by atoms with Crippen molar-refractivity contribution in [1.29, 1.82) is 0 Å². The molecule has 0 spiro atoms. The summed E-state index contributed by atoms with van der Waals surface area (Å²) in [4.78, 5) is 8.42. The van der Waals surface area contributed by atoms with Crippen molar-refractivity contribution in [2.75, 3.05) is 0 Å². The first-order valence-corrected chi connectivity index (χ1v) is 9.21. The minimum absolute atomic E-state index is 0.246. The molecule has 0 saturated heterocycles. The molecule has 1 aliphatic carbocycles. The van der Waals surface area contributed by atoms with Gasteiger partial charge >= 0.3 is 0 Å². The predicted octanol–water partition coefficient (Wildman–Crippen LogP) is 5.66. The van der Waals surface area contributed by atoms with Crippen LogP contribution < -0.4 is 4.74 Å². The topological polar surface area (TPSA) is 61.0 Å². The molecule has 25 heavy (non-hydrogen) atoms. The molecule has 4 rings (SSSR count). The van der Waals surface area contributed by atoms with Crippen LogP contribution in [0.5, 0.6) is 5.75 Å². The highest BCUT2D eigenvalue weighted by Crippen LogP contribution is 2.49. The van der Waals surface area contributed by atoms with Gasteiger partial charge in [-0.3, -0.25) is 4.98 Å². The van der Waals surface area contributed by atoms with E-state index in [4.69, 9.17) is 32.5 Å². The molecule has 1 fully saturated rings. The standard InChI is InChI=1S/C17H12BrCl2N3O2/c18-13-7-21-10(6-22-13)8-24-17-15(23-25-16(17)9-4-5-9)14-11(19)2-1-3-12(14)20/h1-3,6-7,9H,4-5,8H2. The van der Waals surface area contributed by atoms with E-state index < -0.39 is 0 Å². The average molecular weight is 441 g/mol. The lowest BCUT2D eigenvalue weighted by Crippen LogP contribution is -2.01. The van der Waals surface area contributed by atoms with Crippen LogP contribution in [-0.2, 0) is 6.61 Å². The Morgan fingerprint density at radius 1 is 1.16 bits per heavy atom. The molecule has 5 nitrogen and oxygen atoms in total. The third-order valence-corrected chi connectivity index (χ3v) is 4.90. The highest BCUT2D eigenvalue weighted by atomic mass is 79.9. The summed E-state index contributed by atoms with van der Waals surface area (Å²) in [6.07, 6.45) is 5.38. The largest absolute Gasteiger partial charge is 0.481 e. The van der Waals surface area contributed by atoms with Crippen LogP contribution in [0.3, 0.4) is 0 Å². The number of benzene rings is 1. The maximum atomic E-state index is 6.33. The molecule has 3 aromatic rings. The molecule has 0 radical (unpaired) electrons. The fraction of sp³-hybridized carbons (Fsp3) is 0.235. The van der Waals surface area contributed by atoms with Crippen LogP contribution in [0.15, 0.2) is 39.7 Å². The third-order valence-electron chi connectivity index (χ3n) is 3.86. The van der Waals surface area contributed by atoms with Crippen LogP contribution in [-0.4, -0.2) is 15.1 Å². The zero-order chi connectivity index (χ0) is 17.4. The summed E-state index contributed by atoms with van der Waals surface area (Å²) in [5.41, 5.74) is 1.82. The average Bonchev–Trinajstić information content (AvgIpc) is 3.36. The summed E-state index contributed by atoms with van der Waals surface area (Å²) >= 11 is 15.9. The second-order valence-corrected chi connectivity index (χ2v) is 7.34. The lowest BCUT2D eigenvalue weighted by Gasteiger charge is -2.09. The van der Waals surface area contributed by atoms with E-state index in [2.05, 4.69) is 31.1 Å². The van der Waals surface area contributed by atoms with Crippen LogP contribution in [0.1, 0.15) is 30.2 Å². The molecular formula is C17H12BrCl2N3O2. The maximum Gasteiger partial charge on any atom is 0.190 e. The van der Waals surface area contributed by atoms with Gasteiger partial charge in [-0.25, -0.2) is 4.98 Å². The zero-order valence-corrected chi connectivity index (χ0v) is 16.0. The molecule has 0 amide bonds. The summed E-state index contributed by atoms with van der Waals surface area (Å²) in [5.74, 6) is 1.63. The Morgan fingerprint density at radius 3 is 2.56 bits per heavy atom. The van der Waals surface area contributed by atoms with Crippen molar-refractivity contribution in [3.8, 4) is 17.0 Å². The van der Waals surface area contributed by atoms with Gasteiger partial charge in [-0.2, -0.15) is 0 Å². The molecule has 0 atom stereocenters. The van der Waals surface area contributed by atoms with E-state index >= 15 is 0 Å². The minimum atomic E-state index is 0.246. The third kappa shape index (κ3) is 3.52. The summed E-state index contributed by atoms with van der Waals surface area (Å²) in [7, 11) is 0. The molecule has 1 aromatic carbocycles. The van der Waals surface area contributed by atoms with Crippen molar-refractivity contribution >= 4 is 39.1 Å². The SMILES string of the molecule is Clc1cccc(Cl)c1-c1noc(C2CC2)c1OCc1cnc(Br)cn1. The Balaban J connectivity index is 1.70. The monoisotopic (exact) mass is 439 g/mol. The Morgan fingerprint density at radius 2 is 1.92 bits per heavy atom. The highest BCUT2D eigenvalue weighted by Gasteiger charge is 2.34. The number of nitrogens with zero attached hydrogens (tertiary/aromatic N) is 3. The Kier molecular flexibility index (Phi) is 4.67. The van der Waals surface area contributed by atoms with Crippen LogP contribution in [0.4, 0.5) is 0 Å². The van der Waals surface area contributed by atoms with Crippen molar-refractivity contribution in [3.63, 3.8) is 0 Å². The van der Waals surface area contributed by atoms with Crippen molar-refractivity contribution in [1.82, 2.24) is 15.1 Å². The minimum Gasteiger partial charge on any atom is -0.481 e. The molecule has 2 aromatic heterocycles. The summed E-state index contributed by atoms with van der Waals surface area (Å²) in [6, 6.07) is 5.31. The zero-order valence-electron chi connectivity index (χ0n) is 12.9. The lowest BCUT2D eigenvalue weighted by atomic mass is 10.1. The molecule has 1 saturated carbocycles. The van der Waals surface area contributed by atoms with Crippen molar-refractivity contribution < 1.29 is 9.26 Å². The van der Waals surface area contributed by atoms with Gasteiger partial charge in [0, 0.05) is 11.5 Å². The smallest absolute Gasteiger partial charge is 0.190 e. The van der Waals surface area contributed by atoms with Gasteiger partial charge in [0.25, 0.3) is 0 Å². The van der Waals surface area contributed by atoms with E-state index in [1.165, 1.54) is 0 Å². The maximum absolute atomic E-state index is 6.33. The van der Waals surface area contributed by atoms with Gasteiger partial charge in [0.2, 0.25) is 0 Å². The van der Waals surface area contributed by atoms with Gasteiger partial charge in [-0.05, 0) is 40.9 Å². The number of rotatable bonds is 5. The fourth-order valence-electron chi connectivity index (χ4n) is 2.48. The Bertz CT molecular complexity index is 891. The second kappa shape index (κ2) is 6.94. The van der Waals surface area contributed by atoms with E-state index in [1.807, 2.05) is 0 Å². The highest BCUT2D eigenvalue weighted by molar-refractivity contribution is 9.10. The van der Waals surface area contributed by atoms with E-state index in [0.717, 1.165) is 18.6 Å². The Labute approximate surface area is 162 Å². The lowest BCUT2D eigenvalue weighted by molar-refractivity contribution is 0.288. The van der Waals surface area contributed by atoms with E-state index in [-0.39, 0.29) is 6.61 Å². The molecule has 2 heterocycles. The normalized spacial score (nSPS) is 13.9. The van der Waals surface area contributed by atoms with E-state index in [0.29, 0.717) is 43.3 Å². The molecule has 128 valence electrons. The van der Waals surface area contributed by atoms with Crippen LogP contribution in [0.2, 0.25) is 10.0 Å². The molecule has 1 aliphatic rings. The van der Waals surface area contributed by atoms with Crippen LogP contribution in [0.25, 0.3) is 11.3 Å². The van der Waals surface area contributed by atoms with Crippen molar-refractivity contribution in [2.45, 2.75) is 25.4 Å². The molecule has 0 unspecified atom stereocenters. The van der Waals surface area contributed by atoms with Crippen LogP contribution in [0, 0.1) is 0 Å². The van der Waals surface area contributed by atoms with Crippen molar-refractivity contribution in [3.05, 3.63) is 56.7 Å². The molecule has 0 aliphatic heterocycles. The molecule has 8 heteroatoms. The van der Waals surface area contributed by atoms with Gasteiger partial charge in [0.1, 0.15) is 11.2 Å². The van der Waals surface area contributed by atoms with Gasteiger partial charge < -0.3 is 9.26 Å². The number of aromatic nitrogens is 3. The van der Waals surface area contributed by atoms with Gasteiger partial charge in [0.15, 0.2) is 17.2 Å². The predicted molar refractivity (Wildman–Crippen MR) is 98.0 cm³/mol. The molecule has 0 bridgehead atoms. The number of ether oxygens (including phenoxy) is 1. The van der Waals surface area contributed by atoms with E-state index in [9.17, 15) is 0 Å². The molecule has 0 N–H and O–H groups in total. The second-order valence-electron chi connectivity index (χ2n) is 5.71. The number of hydrogen-bond acceptors (Lipinski definition) is 5. The van der Waals surface area contributed by atoms with Gasteiger partial charge in [-0.1, -0.05) is 34.4 Å². The first-order chi connectivity index (χ1) is 12.1. The molecular weight excluding hydrogens is 429 g/mol. The van der Waals surface area contributed by atoms with Gasteiger partial charge in [-0.15, -0.1) is 0 Å². The summed E-state index contributed by atoms with van der Waals surface area (Å²) in [5, 5.41) is 5.18. The number of hydrogen-bond donors (Lipinski definition) is 0. The number of halogens is 3. The van der Waals surface area contributed by atoms with E-state index in [1.54, 1.807) is 30.6 Å². The quantitative estimate of drug-likeness (QED) is 0.512. The first kappa shape index (κ1) is 16.8. The first-order valence-electron chi connectivity index (χ1n) is 7.66. The summed E-state index contributed by atoms with van der Waals surface area (Å²) < 4.78 is 12.2. The van der Waals surface area contributed by atoms with Crippen molar-refractivity contribution in [2.24, 2.45) is 0 Å². The summed E-state index contributed by atoms with van der Waals surface area (Å²) in [6.45, 7) is 0.246. The Hall–Kier alpha value is -1.63. The van der Waals surface area contributed by atoms with Gasteiger partial charge in [0.05, 0.1) is 28.1 Å². The fourth-order valence-corrected chi connectivity index (χ4v) is 3.26.